The molecule has 0 aromatic carbocycles. The minimum atomic E-state index is 0.111. The number of amides is 1. The molecule has 2 rings (SSSR count). The third-order valence-corrected chi connectivity index (χ3v) is 4.02. The summed E-state index contributed by atoms with van der Waals surface area (Å²) in [6.07, 6.45) is 2.83. The van der Waals surface area contributed by atoms with E-state index in [-0.39, 0.29) is 5.92 Å². The molecule has 1 atom stereocenters. The second kappa shape index (κ2) is 6.53. The van der Waals surface area contributed by atoms with Crippen LogP contribution in [-0.2, 0) is 4.79 Å². The number of hydrogen-bond donors (Lipinski definition) is 1. The molecule has 2 fully saturated rings. The van der Waals surface area contributed by atoms with Crippen molar-refractivity contribution >= 4 is 5.91 Å². The standard InChI is InChI=1S/C14H27N3O/c1-3-15-10-12(2)14(18)17-8-6-16(7-9-17)11-13-4-5-13/h12-13,15H,3-11H2,1-2H3. The first-order chi connectivity index (χ1) is 8.70. The van der Waals surface area contributed by atoms with E-state index in [1.54, 1.807) is 0 Å². The van der Waals surface area contributed by atoms with Gasteiger partial charge in [0.25, 0.3) is 0 Å². The van der Waals surface area contributed by atoms with Gasteiger partial charge in [-0.15, -0.1) is 0 Å². The van der Waals surface area contributed by atoms with Crippen LogP contribution in [0.5, 0.6) is 0 Å². The Kier molecular flexibility index (Phi) is 5.01. The molecule has 4 heteroatoms. The Morgan fingerprint density at radius 1 is 1.28 bits per heavy atom. The molecule has 2 aliphatic rings. The summed E-state index contributed by atoms with van der Waals surface area (Å²) in [6.45, 7) is 11.1. The summed E-state index contributed by atoms with van der Waals surface area (Å²) in [4.78, 5) is 16.8. The van der Waals surface area contributed by atoms with Gasteiger partial charge in [0.2, 0.25) is 5.91 Å². The summed E-state index contributed by atoms with van der Waals surface area (Å²) in [5.41, 5.74) is 0. The summed E-state index contributed by atoms with van der Waals surface area (Å²) in [5, 5.41) is 3.25. The summed E-state index contributed by atoms with van der Waals surface area (Å²) in [5.74, 6) is 1.39. The highest BCUT2D eigenvalue weighted by Gasteiger charge is 2.28. The zero-order chi connectivity index (χ0) is 13.0. The van der Waals surface area contributed by atoms with Crippen molar-refractivity contribution in [2.75, 3.05) is 45.8 Å². The first kappa shape index (κ1) is 13.8. The van der Waals surface area contributed by atoms with Crippen LogP contribution < -0.4 is 5.32 Å². The molecule has 0 spiro atoms. The molecule has 1 aliphatic heterocycles. The molecular weight excluding hydrogens is 226 g/mol. The summed E-state index contributed by atoms with van der Waals surface area (Å²) >= 11 is 0. The van der Waals surface area contributed by atoms with Crippen molar-refractivity contribution in [2.24, 2.45) is 11.8 Å². The van der Waals surface area contributed by atoms with E-state index in [1.165, 1.54) is 19.4 Å². The van der Waals surface area contributed by atoms with Crippen molar-refractivity contribution in [3.05, 3.63) is 0 Å². The Balaban J connectivity index is 1.68. The van der Waals surface area contributed by atoms with Gasteiger partial charge in [-0.2, -0.15) is 0 Å². The van der Waals surface area contributed by atoms with Crippen molar-refractivity contribution in [1.29, 1.82) is 0 Å². The summed E-state index contributed by atoms with van der Waals surface area (Å²) in [6, 6.07) is 0. The van der Waals surface area contributed by atoms with Gasteiger partial charge in [0, 0.05) is 45.2 Å². The van der Waals surface area contributed by atoms with Crippen molar-refractivity contribution < 1.29 is 4.79 Å². The zero-order valence-electron chi connectivity index (χ0n) is 11.8. The predicted molar refractivity (Wildman–Crippen MR) is 73.5 cm³/mol. The van der Waals surface area contributed by atoms with E-state index < -0.39 is 0 Å². The van der Waals surface area contributed by atoms with Gasteiger partial charge in [-0.1, -0.05) is 13.8 Å². The number of hydrogen-bond acceptors (Lipinski definition) is 3. The Bertz CT molecular complexity index is 270. The van der Waals surface area contributed by atoms with E-state index in [9.17, 15) is 4.79 Å². The third kappa shape index (κ3) is 3.95. The molecule has 1 saturated heterocycles. The zero-order valence-corrected chi connectivity index (χ0v) is 11.8. The smallest absolute Gasteiger partial charge is 0.226 e. The molecule has 18 heavy (non-hydrogen) atoms. The third-order valence-electron chi connectivity index (χ3n) is 4.02. The highest BCUT2D eigenvalue weighted by molar-refractivity contribution is 5.78. The average molecular weight is 253 g/mol. The lowest BCUT2D eigenvalue weighted by Gasteiger charge is -2.36. The van der Waals surface area contributed by atoms with Crippen LogP contribution in [0.15, 0.2) is 0 Å². The molecule has 0 bridgehead atoms. The van der Waals surface area contributed by atoms with Crippen LogP contribution in [0.1, 0.15) is 26.7 Å². The second-order valence-electron chi connectivity index (χ2n) is 5.78. The lowest BCUT2D eigenvalue weighted by atomic mass is 10.1. The van der Waals surface area contributed by atoms with E-state index in [1.807, 2.05) is 11.8 Å². The highest BCUT2D eigenvalue weighted by Crippen LogP contribution is 2.29. The molecule has 1 saturated carbocycles. The van der Waals surface area contributed by atoms with E-state index in [4.69, 9.17) is 0 Å². The van der Waals surface area contributed by atoms with Crippen molar-refractivity contribution in [3.8, 4) is 0 Å². The number of rotatable bonds is 6. The normalized spacial score (nSPS) is 23.1. The Morgan fingerprint density at radius 3 is 2.50 bits per heavy atom. The minimum absolute atomic E-state index is 0.111. The van der Waals surface area contributed by atoms with Crippen LogP contribution in [0.3, 0.4) is 0 Å². The Morgan fingerprint density at radius 2 is 1.94 bits per heavy atom. The predicted octanol–water partition coefficient (Wildman–Crippen LogP) is 0.786. The fraction of sp³-hybridized carbons (Fsp3) is 0.929. The molecule has 1 N–H and O–H groups in total. The second-order valence-corrected chi connectivity index (χ2v) is 5.78. The lowest BCUT2D eigenvalue weighted by Crippen LogP contribution is -2.51. The van der Waals surface area contributed by atoms with Gasteiger partial charge < -0.3 is 10.2 Å². The molecule has 0 aromatic rings. The fourth-order valence-corrected chi connectivity index (χ4v) is 2.58. The average Bonchev–Trinajstić information content (AvgIpc) is 3.20. The van der Waals surface area contributed by atoms with Gasteiger partial charge in [0.15, 0.2) is 0 Å². The van der Waals surface area contributed by atoms with Crippen LogP contribution in [0.4, 0.5) is 0 Å². The first-order valence-electron chi connectivity index (χ1n) is 7.42. The van der Waals surface area contributed by atoms with Crippen molar-refractivity contribution in [2.45, 2.75) is 26.7 Å². The van der Waals surface area contributed by atoms with Gasteiger partial charge in [0.05, 0.1) is 0 Å². The van der Waals surface area contributed by atoms with Crippen LogP contribution in [-0.4, -0.2) is 61.5 Å². The number of piperazine rings is 1. The van der Waals surface area contributed by atoms with E-state index in [0.717, 1.165) is 45.2 Å². The molecule has 1 unspecified atom stereocenters. The van der Waals surface area contributed by atoms with Gasteiger partial charge in [0.1, 0.15) is 0 Å². The number of carbonyl (C=O) groups is 1. The van der Waals surface area contributed by atoms with Gasteiger partial charge in [-0.05, 0) is 25.3 Å². The quantitative estimate of drug-likeness (QED) is 0.760. The molecule has 104 valence electrons. The molecule has 1 heterocycles. The highest BCUT2D eigenvalue weighted by atomic mass is 16.2. The lowest BCUT2D eigenvalue weighted by molar-refractivity contribution is -0.136. The van der Waals surface area contributed by atoms with Crippen LogP contribution in [0, 0.1) is 11.8 Å². The molecular formula is C14H27N3O. The number of carbonyl (C=O) groups excluding carboxylic acids is 1. The largest absolute Gasteiger partial charge is 0.340 e. The SMILES string of the molecule is CCNCC(C)C(=O)N1CCN(CC2CC2)CC1. The van der Waals surface area contributed by atoms with Crippen LogP contribution in [0.2, 0.25) is 0 Å². The molecule has 1 aliphatic carbocycles. The summed E-state index contributed by atoms with van der Waals surface area (Å²) in [7, 11) is 0. The minimum Gasteiger partial charge on any atom is -0.340 e. The van der Waals surface area contributed by atoms with Crippen molar-refractivity contribution in [3.63, 3.8) is 0 Å². The Labute approximate surface area is 111 Å². The first-order valence-corrected chi connectivity index (χ1v) is 7.42. The monoisotopic (exact) mass is 253 g/mol. The fourth-order valence-electron chi connectivity index (χ4n) is 2.58. The maximum absolute atomic E-state index is 12.2. The number of nitrogens with zero attached hydrogens (tertiary/aromatic N) is 2. The summed E-state index contributed by atoms with van der Waals surface area (Å²) < 4.78 is 0. The molecule has 0 aromatic heterocycles. The molecule has 0 radical (unpaired) electrons. The Hall–Kier alpha value is -0.610. The van der Waals surface area contributed by atoms with Crippen LogP contribution in [0.25, 0.3) is 0 Å². The van der Waals surface area contributed by atoms with Gasteiger partial charge >= 0.3 is 0 Å². The molecule has 4 nitrogen and oxygen atoms in total. The van der Waals surface area contributed by atoms with E-state index in [0.29, 0.717) is 5.91 Å². The van der Waals surface area contributed by atoms with Crippen molar-refractivity contribution in [1.82, 2.24) is 15.1 Å². The van der Waals surface area contributed by atoms with Gasteiger partial charge in [-0.3, -0.25) is 9.69 Å². The topological polar surface area (TPSA) is 35.6 Å². The maximum atomic E-state index is 12.2. The van der Waals surface area contributed by atoms with Crippen LogP contribution >= 0.6 is 0 Å². The van der Waals surface area contributed by atoms with E-state index in [2.05, 4.69) is 17.1 Å². The maximum Gasteiger partial charge on any atom is 0.226 e. The van der Waals surface area contributed by atoms with E-state index >= 15 is 0 Å². The number of nitrogens with one attached hydrogen (secondary N) is 1. The van der Waals surface area contributed by atoms with Gasteiger partial charge in [-0.25, -0.2) is 0 Å². The molecule has 1 amide bonds.